The minimum atomic E-state index is -4.77. The highest BCUT2D eigenvalue weighted by Gasteiger charge is 2.46. The molecular weight excluding hydrogens is 303 g/mol. The molecule has 3 rings (SSSR count). The van der Waals surface area contributed by atoms with E-state index in [1.54, 1.807) is 6.07 Å². The Kier molecular flexibility index (Phi) is 3.43. The van der Waals surface area contributed by atoms with Gasteiger partial charge in [-0.3, -0.25) is 10.1 Å². The maximum absolute atomic E-state index is 12.4. The molecule has 1 heterocycles. The summed E-state index contributed by atoms with van der Waals surface area (Å²) in [6.45, 7) is 0. The molecule has 0 spiro atoms. The first kappa shape index (κ1) is 14.3. The Hall–Kier alpha value is -2.65. The number of nitrogens with one attached hydrogen (secondary N) is 2. The molecule has 1 aliphatic rings. The van der Waals surface area contributed by atoms with Crippen LogP contribution in [0.25, 0.3) is 0 Å². The van der Waals surface area contributed by atoms with E-state index in [0.717, 1.165) is 0 Å². The van der Waals surface area contributed by atoms with Gasteiger partial charge in [-0.25, -0.2) is 0 Å². The summed E-state index contributed by atoms with van der Waals surface area (Å²) >= 11 is 0. The lowest BCUT2D eigenvalue weighted by molar-refractivity contribution is -0.274. The van der Waals surface area contributed by atoms with E-state index in [0.29, 0.717) is 12.0 Å². The Labute approximate surface area is 121 Å². The summed E-state index contributed by atoms with van der Waals surface area (Å²) in [5, 5.41) is 15.1. The molecule has 0 unspecified atom stereocenters. The van der Waals surface area contributed by atoms with Crippen LogP contribution >= 0.6 is 0 Å². The first-order valence-electron chi connectivity index (χ1n) is 6.33. The zero-order valence-electron chi connectivity index (χ0n) is 11.0. The van der Waals surface area contributed by atoms with E-state index >= 15 is 0 Å². The average molecular weight is 313 g/mol. The van der Waals surface area contributed by atoms with Crippen molar-refractivity contribution < 1.29 is 22.7 Å². The van der Waals surface area contributed by atoms with Gasteiger partial charge in [-0.05, 0) is 29.2 Å². The molecular formula is C12H10F3N5O2. The van der Waals surface area contributed by atoms with Crippen molar-refractivity contribution in [2.24, 2.45) is 5.92 Å². The second-order valence-corrected chi connectivity index (χ2v) is 4.76. The van der Waals surface area contributed by atoms with Gasteiger partial charge < -0.3 is 4.74 Å². The van der Waals surface area contributed by atoms with E-state index in [1.165, 1.54) is 18.2 Å². The third kappa shape index (κ3) is 3.15. The van der Waals surface area contributed by atoms with Crippen LogP contribution in [0.1, 0.15) is 17.9 Å². The molecule has 10 heteroatoms. The predicted molar refractivity (Wildman–Crippen MR) is 66.8 cm³/mol. The standard InChI is InChI=1S/C12H10F3N5O2/c13-12(14,15)22-9-4-2-1-3-6(9)7-5-8(7)10(21)16-11-17-19-20-18-11/h1-4,7-8H,5H2,(H2,16,17,18,19,20,21)/t7-,8+/m1/s1. The number of alkyl halides is 3. The fourth-order valence-electron chi connectivity index (χ4n) is 2.25. The summed E-state index contributed by atoms with van der Waals surface area (Å²) in [4.78, 5) is 12.0. The summed E-state index contributed by atoms with van der Waals surface area (Å²) in [6.07, 6.45) is -4.34. The highest BCUT2D eigenvalue weighted by molar-refractivity contribution is 5.93. The number of aromatic amines is 1. The molecule has 1 aromatic carbocycles. The molecule has 1 amide bonds. The number of amides is 1. The molecule has 2 aromatic rings. The van der Waals surface area contributed by atoms with E-state index in [2.05, 4.69) is 30.7 Å². The minimum absolute atomic E-state index is 0.0236. The van der Waals surface area contributed by atoms with Gasteiger partial charge in [0.1, 0.15) is 5.75 Å². The third-order valence-electron chi connectivity index (χ3n) is 3.25. The van der Waals surface area contributed by atoms with Crippen LogP contribution < -0.4 is 10.1 Å². The van der Waals surface area contributed by atoms with Crippen molar-refractivity contribution >= 4 is 11.9 Å². The second kappa shape index (κ2) is 5.28. The molecule has 1 fully saturated rings. The van der Waals surface area contributed by atoms with Gasteiger partial charge in [0.25, 0.3) is 5.95 Å². The lowest BCUT2D eigenvalue weighted by Crippen LogP contribution is -2.18. The number of ether oxygens (including phenoxy) is 1. The maximum Gasteiger partial charge on any atom is 0.573 e. The topological polar surface area (TPSA) is 92.8 Å². The first-order chi connectivity index (χ1) is 10.4. The number of aromatic nitrogens is 4. The van der Waals surface area contributed by atoms with Crippen LogP contribution in [0.5, 0.6) is 5.75 Å². The lowest BCUT2D eigenvalue weighted by Gasteiger charge is -2.12. The fourth-order valence-corrected chi connectivity index (χ4v) is 2.25. The van der Waals surface area contributed by atoms with E-state index < -0.39 is 12.3 Å². The molecule has 1 saturated carbocycles. The van der Waals surface area contributed by atoms with E-state index in [1.807, 2.05) is 0 Å². The van der Waals surface area contributed by atoms with Crippen LogP contribution in [-0.2, 0) is 4.79 Å². The number of hydrogen-bond acceptors (Lipinski definition) is 5. The van der Waals surface area contributed by atoms with Gasteiger partial charge in [0.15, 0.2) is 0 Å². The van der Waals surface area contributed by atoms with E-state index in [4.69, 9.17) is 0 Å². The van der Waals surface area contributed by atoms with Gasteiger partial charge in [0.2, 0.25) is 5.91 Å². The Morgan fingerprint density at radius 2 is 2.14 bits per heavy atom. The minimum Gasteiger partial charge on any atom is -0.405 e. The van der Waals surface area contributed by atoms with Gasteiger partial charge in [-0.2, -0.15) is 5.21 Å². The molecule has 0 radical (unpaired) electrons. The smallest absolute Gasteiger partial charge is 0.405 e. The molecule has 2 N–H and O–H groups in total. The molecule has 22 heavy (non-hydrogen) atoms. The summed E-state index contributed by atoms with van der Waals surface area (Å²) in [7, 11) is 0. The fraction of sp³-hybridized carbons (Fsp3) is 0.333. The van der Waals surface area contributed by atoms with Crippen molar-refractivity contribution in [1.29, 1.82) is 0 Å². The van der Waals surface area contributed by atoms with E-state index in [-0.39, 0.29) is 23.5 Å². The van der Waals surface area contributed by atoms with E-state index in [9.17, 15) is 18.0 Å². The number of H-pyrrole nitrogens is 1. The normalized spacial score (nSPS) is 20.5. The average Bonchev–Trinajstić information content (AvgIpc) is 3.08. The highest BCUT2D eigenvalue weighted by atomic mass is 19.4. The van der Waals surface area contributed by atoms with Crippen LogP contribution in [0.2, 0.25) is 0 Å². The number of halogens is 3. The highest BCUT2D eigenvalue weighted by Crippen LogP contribution is 2.51. The molecule has 0 aliphatic heterocycles. The van der Waals surface area contributed by atoms with Crippen LogP contribution in [0.3, 0.4) is 0 Å². The Balaban J connectivity index is 1.70. The molecule has 7 nitrogen and oxygen atoms in total. The van der Waals surface area contributed by atoms with Crippen molar-refractivity contribution in [3.8, 4) is 5.75 Å². The molecule has 0 bridgehead atoms. The molecule has 1 aliphatic carbocycles. The van der Waals surface area contributed by atoms with Crippen LogP contribution in [0.4, 0.5) is 19.1 Å². The van der Waals surface area contributed by atoms with Gasteiger partial charge >= 0.3 is 6.36 Å². The summed E-state index contributed by atoms with van der Waals surface area (Å²) in [5.74, 6) is -1.40. The van der Waals surface area contributed by atoms with Crippen molar-refractivity contribution in [2.75, 3.05) is 5.32 Å². The Morgan fingerprint density at radius 1 is 1.36 bits per heavy atom. The number of anilines is 1. The number of tetrazole rings is 1. The maximum atomic E-state index is 12.4. The van der Waals surface area contributed by atoms with Crippen molar-refractivity contribution in [1.82, 2.24) is 20.6 Å². The summed E-state index contributed by atoms with van der Waals surface area (Å²) in [5.41, 5.74) is 0.355. The molecule has 2 atom stereocenters. The monoisotopic (exact) mass is 313 g/mol. The second-order valence-electron chi connectivity index (χ2n) is 4.76. The number of carbonyl (C=O) groups is 1. The van der Waals surface area contributed by atoms with Crippen molar-refractivity contribution in [3.05, 3.63) is 29.8 Å². The van der Waals surface area contributed by atoms with Crippen molar-refractivity contribution in [2.45, 2.75) is 18.7 Å². The third-order valence-corrected chi connectivity index (χ3v) is 3.25. The lowest BCUT2D eigenvalue weighted by atomic mass is 10.1. The van der Waals surface area contributed by atoms with Gasteiger partial charge in [0.05, 0.1) is 0 Å². The Bertz CT molecular complexity index is 674. The quantitative estimate of drug-likeness (QED) is 0.898. The number of carbonyl (C=O) groups excluding carboxylic acids is 1. The largest absolute Gasteiger partial charge is 0.573 e. The molecule has 116 valence electrons. The molecule has 1 aromatic heterocycles. The number of rotatable bonds is 4. The van der Waals surface area contributed by atoms with Gasteiger partial charge in [-0.1, -0.05) is 23.3 Å². The Morgan fingerprint density at radius 3 is 2.82 bits per heavy atom. The SMILES string of the molecule is O=C(Nc1nn[nH]n1)[C@H]1C[C@@H]1c1ccccc1OC(F)(F)F. The summed E-state index contributed by atoms with van der Waals surface area (Å²) in [6, 6.07) is 5.80. The van der Waals surface area contributed by atoms with Crippen LogP contribution in [0, 0.1) is 5.92 Å². The van der Waals surface area contributed by atoms with Crippen LogP contribution in [-0.4, -0.2) is 32.9 Å². The van der Waals surface area contributed by atoms with Gasteiger partial charge in [0, 0.05) is 5.92 Å². The zero-order valence-corrected chi connectivity index (χ0v) is 11.0. The van der Waals surface area contributed by atoms with Crippen molar-refractivity contribution in [3.63, 3.8) is 0 Å². The predicted octanol–water partition coefficient (Wildman–Crippen LogP) is 1.84. The molecule has 0 saturated heterocycles. The van der Waals surface area contributed by atoms with Gasteiger partial charge in [-0.15, -0.1) is 18.3 Å². The number of benzene rings is 1. The number of hydrogen-bond donors (Lipinski definition) is 2. The number of nitrogens with zero attached hydrogens (tertiary/aromatic N) is 3. The first-order valence-corrected chi connectivity index (χ1v) is 6.33. The summed E-state index contributed by atoms with van der Waals surface area (Å²) < 4.78 is 41.2. The van der Waals surface area contributed by atoms with Crippen LogP contribution in [0.15, 0.2) is 24.3 Å². The number of para-hydroxylation sites is 1. The zero-order chi connectivity index (χ0) is 15.7.